The Balaban J connectivity index is 1.40. The standard InChI is InChI=1S/C25H25ClFN3O4S/c1-14-11-20(33-2)21(34-3)12-18(14)28-23(31)19-13-35-24(29-19)15-7-9-30(10-8-15)25(32)22-16(26)5-4-6-17(22)27/h4-6,11-13,15H,7-10H2,1-3H3,(H,28,31). The van der Waals surface area contributed by atoms with Gasteiger partial charge in [0.05, 0.1) is 29.8 Å². The van der Waals surface area contributed by atoms with E-state index in [1.807, 2.05) is 6.92 Å². The van der Waals surface area contributed by atoms with Crippen molar-refractivity contribution in [3.63, 3.8) is 0 Å². The molecule has 7 nitrogen and oxygen atoms in total. The molecular weight excluding hydrogens is 493 g/mol. The summed E-state index contributed by atoms with van der Waals surface area (Å²) in [5, 5.41) is 5.57. The normalized spacial score (nSPS) is 14.0. The molecule has 1 N–H and O–H groups in total. The van der Waals surface area contributed by atoms with Crippen LogP contribution in [0.3, 0.4) is 0 Å². The molecule has 1 fully saturated rings. The molecule has 1 aromatic heterocycles. The zero-order valence-electron chi connectivity index (χ0n) is 19.6. The number of rotatable bonds is 6. The first-order chi connectivity index (χ1) is 16.8. The summed E-state index contributed by atoms with van der Waals surface area (Å²) < 4.78 is 24.8. The molecule has 1 aliphatic heterocycles. The van der Waals surface area contributed by atoms with Crippen molar-refractivity contribution in [1.82, 2.24) is 9.88 Å². The first-order valence-electron chi connectivity index (χ1n) is 11.0. The number of anilines is 1. The van der Waals surface area contributed by atoms with Crippen LogP contribution in [-0.4, -0.2) is 49.0 Å². The highest BCUT2D eigenvalue weighted by atomic mass is 35.5. The maximum absolute atomic E-state index is 14.1. The molecule has 0 atom stereocenters. The lowest BCUT2D eigenvalue weighted by molar-refractivity contribution is 0.0708. The van der Waals surface area contributed by atoms with Crippen LogP contribution in [-0.2, 0) is 0 Å². The van der Waals surface area contributed by atoms with Gasteiger partial charge in [-0.3, -0.25) is 9.59 Å². The van der Waals surface area contributed by atoms with Crippen molar-refractivity contribution in [1.29, 1.82) is 0 Å². The average Bonchev–Trinajstić information content (AvgIpc) is 3.35. The number of hydrogen-bond acceptors (Lipinski definition) is 6. The number of aryl methyl sites for hydroxylation is 1. The predicted molar refractivity (Wildman–Crippen MR) is 134 cm³/mol. The molecule has 2 heterocycles. The van der Waals surface area contributed by atoms with Crippen LogP contribution in [0.4, 0.5) is 10.1 Å². The summed E-state index contributed by atoms with van der Waals surface area (Å²) in [6.07, 6.45) is 1.34. The number of carbonyl (C=O) groups excluding carboxylic acids is 2. The van der Waals surface area contributed by atoms with Gasteiger partial charge in [-0.15, -0.1) is 11.3 Å². The number of nitrogens with zero attached hydrogens (tertiary/aromatic N) is 2. The van der Waals surface area contributed by atoms with Gasteiger partial charge in [0.25, 0.3) is 11.8 Å². The quantitative estimate of drug-likeness (QED) is 0.465. The van der Waals surface area contributed by atoms with E-state index in [2.05, 4.69) is 10.3 Å². The van der Waals surface area contributed by atoms with Crippen LogP contribution in [0.25, 0.3) is 0 Å². The fourth-order valence-electron chi connectivity index (χ4n) is 4.07. The molecule has 0 bridgehead atoms. The fraction of sp³-hybridized carbons (Fsp3) is 0.320. The highest BCUT2D eigenvalue weighted by molar-refractivity contribution is 7.10. The van der Waals surface area contributed by atoms with Crippen molar-refractivity contribution in [2.24, 2.45) is 0 Å². The number of piperidine rings is 1. The number of aromatic nitrogens is 1. The van der Waals surface area contributed by atoms with Crippen LogP contribution >= 0.6 is 22.9 Å². The van der Waals surface area contributed by atoms with E-state index in [-0.39, 0.29) is 22.4 Å². The number of methoxy groups -OCH3 is 2. The lowest BCUT2D eigenvalue weighted by Crippen LogP contribution is -2.38. The number of benzene rings is 2. The van der Waals surface area contributed by atoms with Crippen molar-refractivity contribution >= 4 is 40.4 Å². The molecule has 3 aromatic rings. The molecule has 10 heteroatoms. The second kappa shape index (κ2) is 10.6. The molecule has 0 aliphatic carbocycles. The Bertz CT molecular complexity index is 1240. The van der Waals surface area contributed by atoms with Crippen LogP contribution in [0.2, 0.25) is 5.02 Å². The van der Waals surface area contributed by atoms with Gasteiger partial charge in [-0.05, 0) is 43.5 Å². The van der Waals surface area contributed by atoms with E-state index in [0.29, 0.717) is 48.8 Å². The van der Waals surface area contributed by atoms with E-state index in [0.717, 1.165) is 10.6 Å². The number of likely N-dealkylation sites (tertiary alicyclic amines) is 1. The van der Waals surface area contributed by atoms with Crippen molar-refractivity contribution < 1.29 is 23.5 Å². The van der Waals surface area contributed by atoms with Crippen molar-refractivity contribution in [3.8, 4) is 11.5 Å². The van der Waals surface area contributed by atoms with Gasteiger partial charge in [0, 0.05) is 36.1 Å². The van der Waals surface area contributed by atoms with Crippen LogP contribution < -0.4 is 14.8 Å². The number of halogens is 2. The molecule has 0 radical (unpaired) electrons. The lowest BCUT2D eigenvalue weighted by atomic mass is 9.97. The van der Waals surface area contributed by atoms with Crippen LogP contribution in [0.5, 0.6) is 11.5 Å². The van der Waals surface area contributed by atoms with Gasteiger partial charge >= 0.3 is 0 Å². The first-order valence-corrected chi connectivity index (χ1v) is 12.3. The molecule has 0 saturated carbocycles. The minimum Gasteiger partial charge on any atom is -0.493 e. The maximum Gasteiger partial charge on any atom is 0.275 e. The van der Waals surface area contributed by atoms with Crippen LogP contribution in [0.1, 0.15) is 50.2 Å². The maximum atomic E-state index is 14.1. The van der Waals surface area contributed by atoms with Crippen molar-refractivity contribution in [2.75, 3.05) is 32.6 Å². The molecule has 4 rings (SSSR count). The van der Waals surface area contributed by atoms with E-state index in [4.69, 9.17) is 21.1 Å². The lowest BCUT2D eigenvalue weighted by Gasteiger charge is -2.31. The topological polar surface area (TPSA) is 80.8 Å². The Morgan fingerprint density at radius 2 is 1.86 bits per heavy atom. The minimum absolute atomic E-state index is 0.0914. The van der Waals surface area contributed by atoms with Crippen LogP contribution in [0, 0.1) is 12.7 Å². The summed E-state index contributed by atoms with van der Waals surface area (Å²) in [4.78, 5) is 31.8. The summed E-state index contributed by atoms with van der Waals surface area (Å²) in [6.45, 7) is 2.79. The summed E-state index contributed by atoms with van der Waals surface area (Å²) in [6, 6.07) is 7.73. The largest absolute Gasteiger partial charge is 0.493 e. The molecule has 2 amide bonds. The number of hydrogen-bond donors (Lipinski definition) is 1. The van der Waals surface area contributed by atoms with E-state index in [1.165, 1.54) is 36.6 Å². The summed E-state index contributed by atoms with van der Waals surface area (Å²) in [5.74, 6) is -0.124. The third-order valence-corrected chi connectivity index (χ3v) is 7.36. The van der Waals surface area contributed by atoms with Crippen molar-refractivity contribution in [3.05, 3.63) is 68.4 Å². The molecule has 184 valence electrons. The van der Waals surface area contributed by atoms with Crippen LogP contribution in [0.15, 0.2) is 35.7 Å². The number of carbonyl (C=O) groups is 2. The number of ether oxygens (including phenoxy) is 2. The first kappa shape index (κ1) is 24.9. The van der Waals surface area contributed by atoms with Gasteiger partial charge in [-0.1, -0.05) is 17.7 Å². The Morgan fingerprint density at radius 1 is 1.17 bits per heavy atom. The average molecular weight is 518 g/mol. The predicted octanol–water partition coefficient (Wildman–Crippen LogP) is 5.53. The molecule has 1 aliphatic rings. The molecule has 0 spiro atoms. The highest BCUT2D eigenvalue weighted by Crippen LogP contribution is 2.34. The van der Waals surface area contributed by atoms with Gasteiger partial charge in [0.1, 0.15) is 11.5 Å². The third kappa shape index (κ3) is 5.26. The molecule has 0 unspecified atom stereocenters. The molecular formula is C25H25ClFN3O4S. The second-order valence-corrected chi connectivity index (χ2v) is 9.51. The van der Waals surface area contributed by atoms with Gasteiger partial charge < -0.3 is 19.7 Å². The minimum atomic E-state index is -0.620. The van der Waals surface area contributed by atoms with E-state index in [1.54, 1.807) is 29.5 Å². The second-order valence-electron chi connectivity index (χ2n) is 8.21. The third-order valence-electron chi connectivity index (χ3n) is 6.04. The Morgan fingerprint density at radius 3 is 2.51 bits per heavy atom. The fourth-order valence-corrected chi connectivity index (χ4v) is 5.29. The monoisotopic (exact) mass is 517 g/mol. The van der Waals surface area contributed by atoms with Crippen molar-refractivity contribution in [2.45, 2.75) is 25.7 Å². The number of thiazole rings is 1. The molecule has 2 aromatic carbocycles. The summed E-state index contributed by atoms with van der Waals surface area (Å²) in [7, 11) is 3.09. The smallest absolute Gasteiger partial charge is 0.275 e. The van der Waals surface area contributed by atoms with Gasteiger partial charge in [-0.25, -0.2) is 9.37 Å². The van der Waals surface area contributed by atoms with Gasteiger partial charge in [0.15, 0.2) is 11.5 Å². The Labute approximate surface area is 211 Å². The van der Waals surface area contributed by atoms with Gasteiger partial charge in [0.2, 0.25) is 0 Å². The highest BCUT2D eigenvalue weighted by Gasteiger charge is 2.29. The zero-order valence-corrected chi connectivity index (χ0v) is 21.1. The molecule has 35 heavy (non-hydrogen) atoms. The zero-order chi connectivity index (χ0) is 25.1. The number of amides is 2. The van der Waals surface area contributed by atoms with E-state index >= 15 is 0 Å². The summed E-state index contributed by atoms with van der Waals surface area (Å²) >= 11 is 7.48. The number of nitrogens with one attached hydrogen (secondary N) is 1. The SMILES string of the molecule is COc1cc(C)c(NC(=O)c2csc(C3CCN(C(=O)c4c(F)cccc4Cl)CC3)n2)cc1OC. The van der Waals surface area contributed by atoms with E-state index < -0.39 is 11.7 Å². The molecule has 1 saturated heterocycles. The Hall–Kier alpha value is -3.17. The Kier molecular flexibility index (Phi) is 7.57. The summed E-state index contributed by atoms with van der Waals surface area (Å²) in [5.41, 5.74) is 1.68. The van der Waals surface area contributed by atoms with E-state index in [9.17, 15) is 14.0 Å². The van der Waals surface area contributed by atoms with Gasteiger partial charge in [-0.2, -0.15) is 0 Å².